The van der Waals surface area contributed by atoms with E-state index >= 15 is 0 Å². The van der Waals surface area contributed by atoms with Gasteiger partial charge in [0.25, 0.3) is 0 Å². The Morgan fingerprint density at radius 1 is 0.862 bits per heavy atom. The first-order valence-electron chi connectivity index (χ1n) is 23.3. The lowest BCUT2D eigenvalue weighted by atomic mass is 9.65. The lowest BCUT2D eigenvalue weighted by molar-refractivity contribution is -0.162. The van der Waals surface area contributed by atoms with Crippen LogP contribution in [0.25, 0.3) is 0 Å². The van der Waals surface area contributed by atoms with Crippen LogP contribution in [0.5, 0.6) is 0 Å². The molecule has 0 saturated carbocycles. The number of amides is 2. The highest BCUT2D eigenvalue weighted by molar-refractivity contribution is 7.81. The number of nitrogens with one attached hydrogen (secondary N) is 2. The van der Waals surface area contributed by atoms with Crippen molar-refractivity contribution >= 4 is 49.2 Å². The van der Waals surface area contributed by atoms with Crippen LogP contribution in [-0.4, -0.2) is 66.3 Å². The first-order chi connectivity index (χ1) is 28.0. The highest BCUT2D eigenvalue weighted by atomic mass is 32.1. The molecular weight excluding hydrogens is 769 g/mol. The number of alkyl carbamates (subject to hydrolysis) is 1. The van der Waals surface area contributed by atoms with Crippen molar-refractivity contribution in [2.45, 2.75) is 200 Å². The van der Waals surface area contributed by atoms with Crippen molar-refractivity contribution in [3.8, 4) is 0 Å². The van der Waals surface area contributed by atoms with Crippen molar-refractivity contribution in [1.82, 2.24) is 10.6 Å². The topological polar surface area (TPSA) is 120 Å². The quantitative estimate of drug-likeness (QED) is 0.0281. The minimum Gasteiger partial charge on any atom is -0.462 e. The van der Waals surface area contributed by atoms with Crippen molar-refractivity contribution < 1.29 is 33.4 Å². The molecular formula is C47H82N2O7S2. The summed E-state index contributed by atoms with van der Waals surface area (Å²) < 4.78 is 17.6. The molecule has 1 saturated heterocycles. The van der Waals surface area contributed by atoms with Crippen LogP contribution >= 0.6 is 25.3 Å². The van der Waals surface area contributed by atoms with Gasteiger partial charge >= 0.3 is 18.0 Å². The van der Waals surface area contributed by atoms with E-state index in [4.69, 9.17) is 14.2 Å². The predicted octanol–water partition coefficient (Wildman–Crippen LogP) is 11.2. The van der Waals surface area contributed by atoms with Gasteiger partial charge in [0.1, 0.15) is 18.3 Å². The fourth-order valence-electron chi connectivity index (χ4n) is 8.47. The van der Waals surface area contributed by atoms with Crippen molar-refractivity contribution in [3.63, 3.8) is 0 Å². The molecule has 58 heavy (non-hydrogen) atoms. The van der Waals surface area contributed by atoms with Crippen LogP contribution < -0.4 is 10.6 Å². The van der Waals surface area contributed by atoms with Crippen molar-refractivity contribution in [2.24, 2.45) is 29.6 Å². The molecule has 3 aliphatic rings. The summed E-state index contributed by atoms with van der Waals surface area (Å²) in [5.41, 5.74) is 1.25. The van der Waals surface area contributed by atoms with Crippen LogP contribution in [0.1, 0.15) is 176 Å². The summed E-state index contributed by atoms with van der Waals surface area (Å²) in [4.78, 5) is 50.0. The Labute approximate surface area is 364 Å². The normalized spacial score (nSPS) is 24.9. The van der Waals surface area contributed by atoms with Gasteiger partial charge < -0.3 is 24.8 Å². The van der Waals surface area contributed by atoms with Crippen molar-refractivity contribution in [1.29, 1.82) is 0 Å². The van der Waals surface area contributed by atoms with E-state index in [-0.39, 0.29) is 54.2 Å². The van der Waals surface area contributed by atoms with E-state index in [9.17, 15) is 19.2 Å². The Bertz CT molecular complexity index is 1250. The Kier molecular flexibility index (Phi) is 27.6. The molecule has 2 N–H and O–H groups in total. The van der Waals surface area contributed by atoms with Gasteiger partial charge in [0, 0.05) is 37.1 Å². The average molecular weight is 851 g/mol. The summed E-state index contributed by atoms with van der Waals surface area (Å²) in [6, 6.07) is 0. The third-order valence-electron chi connectivity index (χ3n) is 12.0. The van der Waals surface area contributed by atoms with Crippen LogP contribution in [0.2, 0.25) is 0 Å². The van der Waals surface area contributed by atoms with Gasteiger partial charge in [-0.05, 0) is 86.9 Å². The largest absolute Gasteiger partial charge is 0.462 e. The standard InChI is InChI=1S/C45H76N2O7S2.C2H6/c1-5-33(3)44(50)54-40-29-32(2)28-35-21-20-34(4)39(43(35)40)23-22-36-30-37(31-42(49)52-36)53-45(51)47-26-17-13-11-9-7-6-8-10-12-16-25-46-41(48)19-15-14-18-38(56)24-27-55;1-2/h20-21,28,32-34,36-40,43,55-56H,5-19,22-27,29-31H2,1-4H3,(H,46,48)(H,47,51);1-2H3. The second-order valence-corrected chi connectivity index (χ2v) is 18.1. The fourth-order valence-corrected chi connectivity index (χ4v) is 9.29. The predicted molar refractivity (Wildman–Crippen MR) is 243 cm³/mol. The van der Waals surface area contributed by atoms with Crippen LogP contribution in [0.4, 0.5) is 4.79 Å². The van der Waals surface area contributed by atoms with E-state index in [2.05, 4.69) is 68.0 Å². The molecule has 334 valence electrons. The average Bonchev–Trinajstić information content (AvgIpc) is 3.19. The molecule has 0 radical (unpaired) electrons. The summed E-state index contributed by atoms with van der Waals surface area (Å²) in [5, 5.41) is 6.33. The molecule has 0 spiro atoms. The first kappa shape index (κ1) is 52.0. The summed E-state index contributed by atoms with van der Waals surface area (Å²) in [6.07, 6.45) is 25.1. The van der Waals surface area contributed by atoms with Crippen LogP contribution in [0, 0.1) is 29.6 Å². The summed E-state index contributed by atoms with van der Waals surface area (Å²) in [7, 11) is 0. The first-order valence-corrected chi connectivity index (χ1v) is 24.4. The molecule has 9 nitrogen and oxygen atoms in total. The van der Waals surface area contributed by atoms with Gasteiger partial charge in [0.05, 0.1) is 12.3 Å². The molecule has 11 heteroatoms. The Morgan fingerprint density at radius 3 is 2.14 bits per heavy atom. The molecule has 2 aliphatic carbocycles. The van der Waals surface area contributed by atoms with Gasteiger partial charge in [-0.25, -0.2) is 4.79 Å². The number of rotatable bonds is 27. The highest BCUT2D eigenvalue weighted by Gasteiger charge is 2.42. The summed E-state index contributed by atoms with van der Waals surface area (Å²) in [5.74, 6) is 1.49. The molecule has 1 aliphatic heterocycles. The zero-order chi connectivity index (χ0) is 42.7. The Hall–Kier alpha value is -2.14. The molecule has 9 unspecified atom stereocenters. The summed E-state index contributed by atoms with van der Waals surface area (Å²) in [6.45, 7) is 13.7. The number of unbranched alkanes of at least 4 members (excludes halogenated alkanes) is 10. The van der Waals surface area contributed by atoms with Crippen LogP contribution in [-0.2, 0) is 28.6 Å². The molecule has 0 bridgehead atoms. The minimum atomic E-state index is -0.492. The van der Waals surface area contributed by atoms with E-state index in [1.54, 1.807) is 0 Å². The highest BCUT2D eigenvalue weighted by Crippen LogP contribution is 2.45. The third kappa shape index (κ3) is 20.9. The lowest BCUT2D eigenvalue weighted by Crippen LogP contribution is -2.42. The molecule has 3 rings (SSSR count). The number of esters is 2. The third-order valence-corrected chi connectivity index (χ3v) is 12.8. The molecule has 0 aromatic carbocycles. The fraction of sp³-hybridized carbons (Fsp3) is 0.830. The maximum atomic E-state index is 12.8. The molecule has 1 heterocycles. The number of allylic oxidation sites excluding steroid dienone is 3. The lowest BCUT2D eigenvalue weighted by Gasteiger charge is -2.43. The zero-order valence-corrected chi connectivity index (χ0v) is 38.9. The monoisotopic (exact) mass is 851 g/mol. The van der Waals surface area contributed by atoms with Crippen LogP contribution in [0.3, 0.4) is 0 Å². The second kappa shape index (κ2) is 30.8. The number of hydrogen-bond donors (Lipinski definition) is 4. The van der Waals surface area contributed by atoms with Crippen molar-refractivity contribution in [2.75, 3.05) is 18.8 Å². The van der Waals surface area contributed by atoms with Gasteiger partial charge in [0.2, 0.25) is 5.91 Å². The molecule has 0 aromatic heterocycles. The number of ether oxygens (including phenoxy) is 3. The van der Waals surface area contributed by atoms with E-state index < -0.39 is 12.2 Å². The summed E-state index contributed by atoms with van der Waals surface area (Å²) >= 11 is 8.79. The molecule has 9 atom stereocenters. The van der Waals surface area contributed by atoms with Gasteiger partial charge in [-0.2, -0.15) is 25.3 Å². The Morgan fingerprint density at radius 2 is 1.50 bits per heavy atom. The van der Waals surface area contributed by atoms with Crippen molar-refractivity contribution in [3.05, 3.63) is 23.8 Å². The van der Waals surface area contributed by atoms with Gasteiger partial charge in [-0.3, -0.25) is 14.4 Å². The number of fused-ring (bicyclic) bond motifs is 1. The van der Waals surface area contributed by atoms with E-state index in [1.807, 2.05) is 27.7 Å². The maximum Gasteiger partial charge on any atom is 0.407 e. The van der Waals surface area contributed by atoms with E-state index in [1.165, 1.54) is 37.7 Å². The van der Waals surface area contributed by atoms with Gasteiger partial charge in [-0.15, -0.1) is 0 Å². The van der Waals surface area contributed by atoms with E-state index in [0.29, 0.717) is 42.9 Å². The van der Waals surface area contributed by atoms with Gasteiger partial charge in [0.15, 0.2) is 0 Å². The zero-order valence-electron chi connectivity index (χ0n) is 37.2. The SMILES string of the molecule is CC.CCC(C)C(=O)OC1CC(C)C=C2C=CC(C)C(CCC3CC(OC(=O)NCCCCCCCCCCCCNC(=O)CCCCC(S)CCS)CC(=O)O3)C21. The number of carbonyl (C=O) groups excluding carboxylic acids is 4. The smallest absolute Gasteiger partial charge is 0.407 e. The Balaban J connectivity index is 0.00000571. The van der Waals surface area contributed by atoms with Gasteiger partial charge in [-0.1, -0.05) is 118 Å². The number of carbonyl (C=O) groups is 4. The molecule has 2 amide bonds. The maximum absolute atomic E-state index is 12.8. The number of hydrogen-bond acceptors (Lipinski definition) is 9. The number of cyclic esters (lactones) is 1. The van der Waals surface area contributed by atoms with Crippen LogP contribution in [0.15, 0.2) is 23.8 Å². The molecule has 0 aromatic rings. The minimum absolute atomic E-state index is 0.0826. The molecule has 1 fully saturated rings. The van der Waals surface area contributed by atoms with E-state index in [0.717, 1.165) is 89.3 Å². The number of thiol groups is 2. The second-order valence-electron chi connectivity index (χ2n) is 17.0.